The number of hydrogen-bond acceptors (Lipinski definition) is 5. The minimum atomic E-state index is 0.634. The highest BCUT2D eigenvalue weighted by Gasteiger charge is 2.17. The molecule has 5 nitrogen and oxygen atoms in total. The zero-order chi connectivity index (χ0) is 32.3. The standard InChI is InChI=1S/C44H26N4O/c1-3-9-29-23-33(17-15-27(29)7-1)42-46-43(34-18-16-28-8-2-4-10-30(28)24-34)48-44(47-42)37-13-5-11-31-25-32(19-20-35(31)37)36-12-6-14-39-41(36)38-21-22-45-26-40(38)49-39/h1-26H. The first-order chi connectivity index (χ1) is 24.2. The van der Waals surface area contributed by atoms with Crippen LogP contribution in [0.3, 0.4) is 0 Å². The number of aromatic nitrogens is 4. The van der Waals surface area contributed by atoms with E-state index in [4.69, 9.17) is 19.4 Å². The van der Waals surface area contributed by atoms with E-state index in [2.05, 4.69) is 132 Å². The van der Waals surface area contributed by atoms with Gasteiger partial charge in [-0.05, 0) is 73.8 Å². The molecule has 10 aromatic rings. The van der Waals surface area contributed by atoms with E-state index in [0.29, 0.717) is 17.5 Å². The Morgan fingerprint density at radius 3 is 1.71 bits per heavy atom. The molecule has 0 radical (unpaired) electrons. The molecule has 0 saturated carbocycles. The highest BCUT2D eigenvalue weighted by Crippen LogP contribution is 2.38. The zero-order valence-corrected chi connectivity index (χ0v) is 26.2. The minimum Gasteiger partial charge on any atom is -0.454 e. The van der Waals surface area contributed by atoms with E-state index in [1.165, 1.54) is 10.8 Å². The minimum absolute atomic E-state index is 0.634. The largest absolute Gasteiger partial charge is 0.454 e. The number of benzene rings is 7. The SMILES string of the molecule is c1ccc2cc(-c3nc(-c4ccc5ccccc5c4)nc(-c4cccc5cc(-c6cccc7oc8cnccc8c67)ccc45)n3)ccc2c1. The van der Waals surface area contributed by atoms with Crippen molar-refractivity contribution >= 4 is 54.3 Å². The van der Waals surface area contributed by atoms with Crippen LogP contribution in [0.1, 0.15) is 0 Å². The maximum atomic E-state index is 6.14. The Kier molecular flexibility index (Phi) is 6.11. The van der Waals surface area contributed by atoms with Gasteiger partial charge < -0.3 is 4.42 Å². The number of pyridine rings is 1. The van der Waals surface area contributed by atoms with Gasteiger partial charge in [-0.2, -0.15) is 0 Å². The van der Waals surface area contributed by atoms with Crippen molar-refractivity contribution in [3.05, 3.63) is 158 Å². The molecule has 0 amide bonds. The first kappa shape index (κ1) is 27.4. The number of fused-ring (bicyclic) bond motifs is 6. The van der Waals surface area contributed by atoms with Gasteiger partial charge in [0.2, 0.25) is 0 Å². The predicted octanol–water partition coefficient (Wildman–Crippen LogP) is 11.3. The Morgan fingerprint density at radius 2 is 0.980 bits per heavy atom. The van der Waals surface area contributed by atoms with Crippen LogP contribution < -0.4 is 0 Å². The van der Waals surface area contributed by atoms with Crippen LogP contribution in [0.25, 0.3) is 99.5 Å². The van der Waals surface area contributed by atoms with Crippen LogP contribution >= 0.6 is 0 Å². The van der Waals surface area contributed by atoms with E-state index >= 15 is 0 Å². The van der Waals surface area contributed by atoms with Gasteiger partial charge in [-0.3, -0.25) is 4.98 Å². The molecule has 0 bridgehead atoms. The third-order valence-electron chi connectivity index (χ3n) is 9.38. The first-order valence-corrected chi connectivity index (χ1v) is 16.3. The van der Waals surface area contributed by atoms with Gasteiger partial charge in [-0.25, -0.2) is 15.0 Å². The third-order valence-corrected chi connectivity index (χ3v) is 9.38. The van der Waals surface area contributed by atoms with E-state index in [1.807, 2.05) is 24.4 Å². The van der Waals surface area contributed by atoms with Crippen molar-refractivity contribution in [2.24, 2.45) is 0 Å². The Morgan fingerprint density at radius 1 is 0.388 bits per heavy atom. The van der Waals surface area contributed by atoms with E-state index in [9.17, 15) is 0 Å². The molecule has 0 atom stereocenters. The van der Waals surface area contributed by atoms with E-state index in [0.717, 1.165) is 71.3 Å². The van der Waals surface area contributed by atoms with Crippen molar-refractivity contribution in [3.8, 4) is 45.3 Å². The van der Waals surface area contributed by atoms with E-state index < -0.39 is 0 Å². The van der Waals surface area contributed by atoms with Gasteiger partial charge in [0, 0.05) is 33.7 Å². The highest BCUT2D eigenvalue weighted by atomic mass is 16.3. The second kappa shape index (κ2) is 10.9. The molecule has 0 spiro atoms. The molecule has 10 rings (SSSR count). The van der Waals surface area contributed by atoms with Crippen LogP contribution in [-0.2, 0) is 0 Å². The van der Waals surface area contributed by atoms with Crippen LogP contribution in [0, 0.1) is 0 Å². The van der Waals surface area contributed by atoms with Gasteiger partial charge in [0.1, 0.15) is 5.58 Å². The van der Waals surface area contributed by atoms with Crippen molar-refractivity contribution < 1.29 is 4.42 Å². The fraction of sp³-hybridized carbons (Fsp3) is 0. The molecule has 0 fully saturated rings. The summed E-state index contributed by atoms with van der Waals surface area (Å²) in [6, 6.07) is 50.6. The van der Waals surface area contributed by atoms with Crippen molar-refractivity contribution in [2.45, 2.75) is 0 Å². The van der Waals surface area contributed by atoms with Crippen molar-refractivity contribution in [1.82, 2.24) is 19.9 Å². The van der Waals surface area contributed by atoms with Crippen molar-refractivity contribution in [2.75, 3.05) is 0 Å². The summed E-state index contributed by atoms with van der Waals surface area (Å²) in [5, 5.41) is 8.95. The summed E-state index contributed by atoms with van der Waals surface area (Å²) in [4.78, 5) is 19.6. The first-order valence-electron chi connectivity index (χ1n) is 16.3. The van der Waals surface area contributed by atoms with Gasteiger partial charge in [0.15, 0.2) is 23.1 Å². The average Bonchev–Trinajstić information content (AvgIpc) is 3.56. The maximum absolute atomic E-state index is 6.14. The quantitative estimate of drug-likeness (QED) is 0.194. The molecule has 3 heterocycles. The lowest BCUT2D eigenvalue weighted by molar-refractivity contribution is 0.667. The summed E-state index contributed by atoms with van der Waals surface area (Å²) < 4.78 is 6.14. The topological polar surface area (TPSA) is 64.7 Å². The van der Waals surface area contributed by atoms with Crippen molar-refractivity contribution in [3.63, 3.8) is 0 Å². The van der Waals surface area contributed by atoms with Crippen molar-refractivity contribution in [1.29, 1.82) is 0 Å². The van der Waals surface area contributed by atoms with E-state index in [1.54, 1.807) is 6.20 Å². The maximum Gasteiger partial charge on any atom is 0.164 e. The molecule has 0 aliphatic carbocycles. The van der Waals surface area contributed by atoms with Crippen LogP contribution in [-0.4, -0.2) is 19.9 Å². The predicted molar refractivity (Wildman–Crippen MR) is 199 cm³/mol. The molecule has 0 unspecified atom stereocenters. The number of rotatable bonds is 4. The second-order valence-electron chi connectivity index (χ2n) is 12.3. The summed E-state index contributed by atoms with van der Waals surface area (Å²) in [6.07, 6.45) is 3.59. The second-order valence-corrected chi connectivity index (χ2v) is 12.3. The number of furan rings is 1. The average molecular weight is 627 g/mol. The van der Waals surface area contributed by atoms with Crippen LogP contribution in [0.15, 0.2) is 162 Å². The fourth-order valence-corrected chi connectivity index (χ4v) is 6.98. The molecule has 0 N–H and O–H groups in total. The Bertz CT molecular complexity index is 2810. The Labute approximate surface area is 281 Å². The lowest BCUT2D eigenvalue weighted by Gasteiger charge is -2.12. The Balaban J connectivity index is 1.16. The normalized spacial score (nSPS) is 11.7. The monoisotopic (exact) mass is 626 g/mol. The molecule has 0 saturated heterocycles. The zero-order valence-electron chi connectivity index (χ0n) is 26.2. The molecule has 49 heavy (non-hydrogen) atoms. The molecule has 7 aromatic carbocycles. The van der Waals surface area contributed by atoms with Gasteiger partial charge in [-0.15, -0.1) is 0 Å². The van der Waals surface area contributed by atoms with Crippen LogP contribution in [0.4, 0.5) is 0 Å². The lowest BCUT2D eigenvalue weighted by Crippen LogP contribution is -2.00. The fourth-order valence-electron chi connectivity index (χ4n) is 6.98. The van der Waals surface area contributed by atoms with E-state index in [-0.39, 0.29) is 0 Å². The van der Waals surface area contributed by atoms with Gasteiger partial charge >= 0.3 is 0 Å². The summed E-state index contributed by atoms with van der Waals surface area (Å²) in [5.74, 6) is 1.91. The molecular formula is C44H26N4O. The summed E-state index contributed by atoms with van der Waals surface area (Å²) >= 11 is 0. The molecular weight excluding hydrogens is 601 g/mol. The molecule has 5 heteroatoms. The Hall–Kier alpha value is -6.72. The summed E-state index contributed by atoms with van der Waals surface area (Å²) in [6.45, 7) is 0. The third kappa shape index (κ3) is 4.63. The lowest BCUT2D eigenvalue weighted by atomic mass is 9.95. The number of nitrogens with zero attached hydrogens (tertiary/aromatic N) is 4. The van der Waals surface area contributed by atoms with Crippen LogP contribution in [0.5, 0.6) is 0 Å². The number of hydrogen-bond donors (Lipinski definition) is 0. The molecule has 0 aliphatic heterocycles. The van der Waals surface area contributed by atoms with Gasteiger partial charge in [0.25, 0.3) is 0 Å². The molecule has 0 aliphatic rings. The molecule has 228 valence electrons. The summed E-state index contributed by atoms with van der Waals surface area (Å²) in [7, 11) is 0. The smallest absolute Gasteiger partial charge is 0.164 e. The molecule has 3 aromatic heterocycles. The van der Waals surface area contributed by atoms with Crippen LogP contribution in [0.2, 0.25) is 0 Å². The van der Waals surface area contributed by atoms with Gasteiger partial charge in [-0.1, -0.05) is 115 Å². The highest BCUT2D eigenvalue weighted by molar-refractivity contribution is 6.13. The van der Waals surface area contributed by atoms with Gasteiger partial charge in [0.05, 0.1) is 6.20 Å². The summed E-state index contributed by atoms with van der Waals surface area (Å²) in [5.41, 5.74) is 6.71.